The van der Waals surface area contributed by atoms with Crippen molar-refractivity contribution < 1.29 is 226 Å². The predicted octanol–water partition coefficient (Wildman–Crippen LogP) is -8.21. The third kappa shape index (κ3) is 52.5. The average Bonchev–Trinajstić information content (AvgIpc) is 1.55. The number of hydrogen-bond donors (Lipinski definition) is 19. The highest BCUT2D eigenvalue weighted by Gasteiger charge is 2.71. The Labute approximate surface area is 737 Å². The minimum atomic E-state index is -4.92. The molecule has 1 aliphatic carbocycles. The van der Waals surface area contributed by atoms with E-state index in [1.54, 1.807) is 0 Å². The summed E-state index contributed by atoms with van der Waals surface area (Å²) in [6.07, 6.45) is -19.9. The van der Waals surface area contributed by atoms with E-state index in [1.165, 1.54) is 0 Å². The van der Waals surface area contributed by atoms with Crippen LogP contribution in [-0.2, 0) is 151 Å². The van der Waals surface area contributed by atoms with Crippen molar-refractivity contribution in [3.63, 3.8) is 0 Å². The number of phosphoric ester groups is 2. The number of phosphoric acid groups is 2. The SMILES string of the molecule is [B]C(=O)CCOCCOCCOCCCOCCC(=O)NC(CCC(=O)NCCOCCOCCOCCOCCOC1OC(COP(=O)(O)O)C(O)C(O)C1O)(CCC(=O)NCCOCCOCCOCCOCCOC1OC(COP(=O)(O)O)C(O)C(O)C1O)CCC(=O)NCCOCCOCCOCCOCCOC1O[C@]2(O)C(COP(O)O)C(O)C(O)C12. The minimum absolute atomic E-state index is 0.000637. The molecule has 2 radical (unpaired) electrons. The lowest BCUT2D eigenvalue weighted by Gasteiger charge is -2.49. The first-order chi connectivity index (χ1) is 60.9. The number of rotatable bonds is 83. The molecule has 16 atom stereocenters. The highest BCUT2D eigenvalue weighted by Crippen LogP contribution is 2.54. The Balaban J connectivity index is 1.20. The summed E-state index contributed by atoms with van der Waals surface area (Å²) in [7, 11) is -7.48. The zero-order valence-electron chi connectivity index (χ0n) is 71.2. The van der Waals surface area contributed by atoms with Gasteiger partial charge in [-0.15, -0.1) is 0 Å². The molecule has 0 bridgehead atoms. The van der Waals surface area contributed by atoms with Gasteiger partial charge in [-0.25, -0.2) is 9.13 Å². The third-order valence-electron chi connectivity index (χ3n) is 19.0. The molecule has 55 heteroatoms. The van der Waals surface area contributed by atoms with Crippen LogP contribution in [-0.4, -0.2) is 474 Å². The van der Waals surface area contributed by atoms with Crippen LogP contribution in [0.25, 0.3) is 0 Å². The van der Waals surface area contributed by atoms with Gasteiger partial charge in [0.2, 0.25) is 23.6 Å². The Morgan fingerprint density at radius 3 is 0.984 bits per heavy atom. The maximum absolute atomic E-state index is 13.9. The third-order valence-corrected chi connectivity index (χ3v) is 20.4. The van der Waals surface area contributed by atoms with Crippen LogP contribution in [0, 0.1) is 11.8 Å². The van der Waals surface area contributed by atoms with Gasteiger partial charge in [0.25, 0.3) is 0 Å². The molecule has 51 nitrogen and oxygen atoms in total. The monoisotopic (exact) mass is 1910 g/mol. The van der Waals surface area contributed by atoms with Gasteiger partial charge in [0.1, 0.15) is 48.8 Å². The zero-order chi connectivity index (χ0) is 93.0. The summed E-state index contributed by atoms with van der Waals surface area (Å²) < 4.78 is 157. The molecule has 3 aliphatic heterocycles. The quantitative estimate of drug-likeness (QED) is 0.0153. The average molecular weight is 1910 g/mol. The van der Waals surface area contributed by atoms with Crippen molar-refractivity contribution in [1.82, 2.24) is 21.3 Å². The van der Waals surface area contributed by atoms with Gasteiger partial charge in [-0.1, -0.05) is 0 Å². The number of carbonyl (C=O) groups excluding carboxylic acids is 5. The number of fused-ring (bicyclic) bond motifs is 1. The number of aliphatic hydroxyl groups is 9. The van der Waals surface area contributed by atoms with Crippen molar-refractivity contribution in [3.8, 4) is 0 Å². The minimum Gasteiger partial charge on any atom is -0.390 e. The predicted molar refractivity (Wildman–Crippen MR) is 429 cm³/mol. The largest absolute Gasteiger partial charge is 0.469 e. The number of hydrogen-bond acceptors (Lipinski definition) is 43. The van der Waals surface area contributed by atoms with Crippen LogP contribution in [0.2, 0.25) is 0 Å². The fourth-order valence-electron chi connectivity index (χ4n) is 12.4. The second-order valence-electron chi connectivity index (χ2n) is 28.6. The lowest BCUT2D eigenvalue weighted by molar-refractivity contribution is -0.438. The molecular weight excluding hydrogens is 1780 g/mol. The van der Waals surface area contributed by atoms with E-state index >= 15 is 0 Å². The van der Waals surface area contributed by atoms with Gasteiger partial charge >= 0.3 is 24.2 Å². The second kappa shape index (κ2) is 68.8. The smallest absolute Gasteiger partial charge is 0.390 e. The van der Waals surface area contributed by atoms with Crippen LogP contribution >= 0.6 is 24.2 Å². The van der Waals surface area contributed by atoms with Crippen molar-refractivity contribution in [3.05, 3.63) is 0 Å². The summed E-state index contributed by atoms with van der Waals surface area (Å²) in [6.45, 7) is 3.88. The summed E-state index contributed by atoms with van der Waals surface area (Å²) >= 11 is 0. The first-order valence-electron chi connectivity index (χ1n) is 41.7. The van der Waals surface area contributed by atoms with Crippen molar-refractivity contribution >= 4 is 61.4 Å². The van der Waals surface area contributed by atoms with Crippen LogP contribution < -0.4 is 21.3 Å². The Kier molecular flexibility index (Phi) is 63.0. The van der Waals surface area contributed by atoms with Crippen LogP contribution in [0.3, 0.4) is 0 Å². The van der Waals surface area contributed by atoms with Gasteiger partial charge in [-0.05, 0) is 25.7 Å². The lowest BCUT2D eigenvalue weighted by Crippen LogP contribution is -2.64. The number of carbonyl (C=O) groups is 5. The molecule has 19 N–H and O–H groups in total. The van der Waals surface area contributed by atoms with Crippen molar-refractivity contribution in [2.45, 2.75) is 149 Å². The Morgan fingerprint density at radius 2 is 0.654 bits per heavy atom. The molecule has 15 unspecified atom stereocenters. The van der Waals surface area contributed by atoms with Gasteiger partial charge in [0.15, 0.2) is 32.5 Å². The maximum Gasteiger partial charge on any atom is 0.469 e. The van der Waals surface area contributed by atoms with Crippen molar-refractivity contribution in [1.29, 1.82) is 0 Å². The molecular formula is C72H134BN4O47P3. The molecule has 4 fully saturated rings. The Morgan fingerprint density at radius 1 is 0.354 bits per heavy atom. The van der Waals surface area contributed by atoms with Crippen LogP contribution in [0.15, 0.2) is 0 Å². The summed E-state index contributed by atoms with van der Waals surface area (Å²) in [5.74, 6) is -5.82. The van der Waals surface area contributed by atoms with E-state index in [4.69, 9.17) is 146 Å². The van der Waals surface area contributed by atoms with Crippen LogP contribution in [0.5, 0.6) is 0 Å². The van der Waals surface area contributed by atoms with E-state index in [0.29, 0.717) is 32.8 Å². The molecule has 742 valence electrons. The van der Waals surface area contributed by atoms with Gasteiger partial charge < -0.3 is 210 Å². The summed E-state index contributed by atoms with van der Waals surface area (Å²) in [4.78, 5) is 119. The Hall–Kier alpha value is -3.10. The number of amides is 4. The molecule has 4 rings (SSSR count). The first-order valence-corrected chi connectivity index (χ1v) is 45.9. The summed E-state index contributed by atoms with van der Waals surface area (Å²) in [5, 5.41) is 104. The van der Waals surface area contributed by atoms with E-state index in [2.05, 4.69) is 30.3 Å². The summed E-state index contributed by atoms with van der Waals surface area (Å²) in [5.41, 5.74) is -1.76. The fourth-order valence-corrected chi connectivity index (χ4v) is 13.3. The highest BCUT2D eigenvalue weighted by atomic mass is 31.2. The van der Waals surface area contributed by atoms with E-state index in [-0.39, 0.29) is 276 Å². The molecule has 4 aliphatic rings. The molecule has 0 aromatic carbocycles. The van der Waals surface area contributed by atoms with Crippen LogP contribution in [0.4, 0.5) is 0 Å². The second-order valence-corrected chi connectivity index (χ2v) is 31.9. The molecule has 4 amide bonds. The number of nitrogens with one attached hydrogen (secondary N) is 4. The van der Waals surface area contributed by atoms with Gasteiger partial charge in [0, 0.05) is 70.5 Å². The van der Waals surface area contributed by atoms with E-state index in [1.807, 2.05) is 0 Å². The highest BCUT2D eigenvalue weighted by molar-refractivity contribution is 7.46. The normalized spacial score (nSPS) is 24.8. The van der Waals surface area contributed by atoms with Crippen molar-refractivity contribution in [2.75, 3.05) is 271 Å². The van der Waals surface area contributed by atoms with Crippen LogP contribution in [0.1, 0.15) is 57.8 Å². The topological polar surface area (TPSA) is 702 Å². The molecule has 1 saturated carbocycles. The summed E-state index contributed by atoms with van der Waals surface area (Å²) in [6, 6.07) is 0. The first kappa shape index (κ1) is 116. The molecule has 0 aromatic heterocycles. The molecule has 3 heterocycles. The molecule has 3 saturated heterocycles. The number of ether oxygens (including phenoxy) is 22. The molecule has 0 aromatic rings. The lowest BCUT2D eigenvalue weighted by atomic mass is 9.83. The fraction of sp³-hybridized carbons (Fsp3) is 0.931. The Bertz CT molecular complexity index is 2870. The van der Waals surface area contributed by atoms with E-state index < -0.39 is 176 Å². The molecule has 127 heavy (non-hydrogen) atoms. The van der Waals surface area contributed by atoms with Crippen molar-refractivity contribution in [2.24, 2.45) is 11.8 Å². The van der Waals surface area contributed by atoms with Gasteiger partial charge in [-0.3, -0.25) is 28.2 Å². The number of aliphatic hydroxyl groups excluding tert-OH is 8. The van der Waals surface area contributed by atoms with E-state index in [0.717, 1.165) is 0 Å². The van der Waals surface area contributed by atoms with Gasteiger partial charge in [-0.2, -0.15) is 0 Å². The maximum atomic E-state index is 13.9. The standard InChI is InChI=1S/C72H134BN4O47P3/c73-54(78)5-15-102-21-26-106-25-20-101-14-1-13-100-16-6-58(82)77-71(8-3-56(80)75-11-18-104-23-28-108-31-34-111-37-40-114-43-46-117-69-66(89)64(87)61(84)52(122-69)49-120-126(94,95)96,9-4-57(81)76-12-19-105-24-29-109-32-35-112-38-41-115-44-47-118-70-67(90)65(88)62(85)53(123-70)50-121-127(97,98)99)7-2-55(79)74-10-17-103-22-27-107-30-33-110-36-39-113-42-45-116-68-59-63(86)60(83)51(48-119-125(92)93)72(59,91)124-68/h51-53,59-70,83-93H,1-50H2,(H,74,79)(H,75,80)(H,76,81)(H,77,82)(H2,94,95,96)(H2,97,98,99)/t51?,52?,53?,59?,60?,61?,62?,63?,64?,65?,66?,67?,68?,69?,70?,71?,72-/m1/s1. The zero-order valence-corrected chi connectivity index (χ0v) is 73.9. The van der Waals surface area contributed by atoms with E-state index in [9.17, 15) is 79.1 Å². The molecule has 0 spiro atoms. The van der Waals surface area contributed by atoms with Gasteiger partial charge in [0.05, 0.1) is 268 Å².